The van der Waals surface area contributed by atoms with Crippen molar-refractivity contribution < 1.29 is 62.4 Å². The van der Waals surface area contributed by atoms with Crippen LogP contribution in [-0.4, -0.2) is 139 Å². The van der Waals surface area contributed by atoms with Gasteiger partial charge in [0.15, 0.2) is 5.79 Å². The second-order valence-corrected chi connectivity index (χ2v) is 20.4. The van der Waals surface area contributed by atoms with Gasteiger partial charge in [-0.2, -0.15) is 0 Å². The van der Waals surface area contributed by atoms with Crippen LogP contribution in [0.4, 0.5) is 4.79 Å². The number of methoxy groups -OCH3 is 1. The molecule has 2 unspecified atom stereocenters. The minimum atomic E-state index is -0.979. The Morgan fingerprint density at radius 1 is 0.869 bits per heavy atom. The lowest BCUT2D eigenvalue weighted by molar-refractivity contribution is -0.277. The molecule has 8 fully saturated rings. The highest BCUT2D eigenvalue weighted by Gasteiger charge is 2.60. The van der Waals surface area contributed by atoms with Gasteiger partial charge >= 0.3 is 6.09 Å². The highest BCUT2D eigenvalue weighted by molar-refractivity contribution is 5.81. The van der Waals surface area contributed by atoms with Crippen LogP contribution < -0.4 is 10.9 Å². The molecule has 0 aromatic heterocycles. The van der Waals surface area contributed by atoms with Crippen LogP contribution in [0.25, 0.3) is 0 Å². The van der Waals surface area contributed by atoms with Crippen LogP contribution >= 0.6 is 0 Å². The van der Waals surface area contributed by atoms with Gasteiger partial charge < -0.3 is 52.8 Å². The Labute approximate surface area is 361 Å². The van der Waals surface area contributed by atoms with Crippen molar-refractivity contribution in [2.24, 2.45) is 17.8 Å². The first-order chi connectivity index (χ1) is 29.0. The number of ether oxygens (including phenoxy) is 9. The first-order valence-corrected chi connectivity index (χ1v) is 23.1. The average molecular weight is 861 g/mol. The van der Waals surface area contributed by atoms with Crippen molar-refractivity contribution in [1.29, 1.82) is 0 Å². The lowest BCUT2D eigenvalue weighted by atomic mass is 9.76. The Bertz CT molecular complexity index is 1610. The van der Waals surface area contributed by atoms with E-state index in [2.05, 4.69) is 30.9 Å². The fraction of sp³-hybridized carbons (Fsp3) is 0.870. The highest BCUT2D eigenvalue weighted by Crippen LogP contribution is 2.49. The number of hydrogen-bond acceptors (Lipinski definition) is 14. The smallest absolute Gasteiger partial charge is 0.422 e. The van der Waals surface area contributed by atoms with Crippen LogP contribution in [0.2, 0.25) is 0 Å². The maximum Gasteiger partial charge on any atom is 0.422 e. The van der Waals surface area contributed by atoms with Gasteiger partial charge in [-0.05, 0) is 82.8 Å². The number of fused-ring (bicyclic) bond motifs is 9. The lowest BCUT2D eigenvalue weighted by Gasteiger charge is -2.47. The third-order valence-electron chi connectivity index (χ3n) is 14.8. The molecule has 10 bridgehead atoms. The summed E-state index contributed by atoms with van der Waals surface area (Å²) in [6, 6.07) is 0. The molecular weight excluding hydrogens is 789 g/mol. The number of aliphatic hydroxyl groups excluding tert-OH is 2. The maximum absolute atomic E-state index is 14.5. The summed E-state index contributed by atoms with van der Waals surface area (Å²) in [5, 5.41) is 22.4. The highest BCUT2D eigenvalue weighted by atomic mass is 16.7. The van der Waals surface area contributed by atoms with E-state index >= 15 is 0 Å². The second-order valence-electron chi connectivity index (χ2n) is 20.4. The summed E-state index contributed by atoms with van der Waals surface area (Å²) in [7, 11) is 1.63. The molecule has 4 N–H and O–H groups in total. The van der Waals surface area contributed by atoms with Gasteiger partial charge in [-0.25, -0.2) is 10.2 Å². The molecule has 0 radical (unpaired) electrons. The number of nitrogens with one attached hydrogen (secondary N) is 2. The predicted octanol–water partition coefficient (Wildman–Crippen LogP) is 4.74. The number of carbonyl (C=O) groups is 2. The molecule has 8 rings (SSSR count). The minimum Gasteiger partial charge on any atom is -0.443 e. The number of rotatable bonds is 6. The zero-order chi connectivity index (χ0) is 43.4. The number of hydrazine groups is 1. The van der Waals surface area contributed by atoms with E-state index < -0.39 is 60.0 Å². The van der Waals surface area contributed by atoms with Crippen LogP contribution in [0.1, 0.15) is 118 Å². The molecule has 344 valence electrons. The molecule has 0 saturated carbocycles. The van der Waals surface area contributed by atoms with Gasteiger partial charge in [0.2, 0.25) is 0 Å². The average Bonchev–Trinajstić information content (AvgIpc) is 3.81. The molecule has 8 aliphatic rings. The Hall–Kier alpha value is -2.02. The molecule has 1 spiro atoms. The third-order valence-corrected chi connectivity index (χ3v) is 14.8. The molecular formula is C46H72N2O13. The van der Waals surface area contributed by atoms with Crippen LogP contribution in [0.5, 0.6) is 0 Å². The van der Waals surface area contributed by atoms with Gasteiger partial charge in [0, 0.05) is 64.0 Å². The van der Waals surface area contributed by atoms with Crippen LogP contribution in [-0.2, 0) is 47.4 Å². The van der Waals surface area contributed by atoms with Crippen molar-refractivity contribution in [3.63, 3.8) is 0 Å². The summed E-state index contributed by atoms with van der Waals surface area (Å²) in [6.45, 7) is 18.4. The predicted molar refractivity (Wildman–Crippen MR) is 221 cm³/mol. The van der Waals surface area contributed by atoms with Crippen LogP contribution in [0.3, 0.4) is 0 Å². The molecule has 8 aliphatic heterocycles. The van der Waals surface area contributed by atoms with E-state index in [1.807, 2.05) is 6.92 Å². The lowest BCUT2D eigenvalue weighted by Crippen LogP contribution is -2.58. The van der Waals surface area contributed by atoms with Crippen molar-refractivity contribution in [2.45, 2.75) is 221 Å². The summed E-state index contributed by atoms with van der Waals surface area (Å²) in [6.07, 6.45) is 1.44. The number of carbonyl (C=O) groups excluding carboxylic acids is 2. The first-order valence-electron chi connectivity index (χ1n) is 23.1. The molecule has 8 heterocycles. The quantitative estimate of drug-likeness (QED) is 0.213. The number of aliphatic hydroxyl groups is 2. The van der Waals surface area contributed by atoms with E-state index in [1.54, 1.807) is 27.9 Å². The van der Waals surface area contributed by atoms with E-state index in [9.17, 15) is 19.8 Å². The molecule has 15 heteroatoms. The number of ketones is 1. The van der Waals surface area contributed by atoms with E-state index in [0.29, 0.717) is 44.9 Å². The Morgan fingerprint density at radius 2 is 1.62 bits per heavy atom. The summed E-state index contributed by atoms with van der Waals surface area (Å²) in [4.78, 5) is 26.8. The molecule has 0 aliphatic carbocycles. The SMILES string of the molecule is C=C1C2C[C@@H]3O[C@H](C[C@H](O)CNNC(=O)OC(C)(C)C)[C@H](OC)[C@H]3C(C)C(=O)C[C@H]3CC[C@@H]4O[C@@H]5C[C@@H](O[C@@]6(CC[C@H]7CC(=C)[C@H](CC[C@@H](C[C@H]1C)O2)O7)C[C@@H](O)[C@@H]5O6)[C@H]4O3. The summed E-state index contributed by atoms with van der Waals surface area (Å²) in [5.74, 6) is -1.53. The van der Waals surface area contributed by atoms with Crippen molar-refractivity contribution in [1.82, 2.24) is 10.9 Å². The number of hydrogen-bond donors (Lipinski definition) is 4. The second kappa shape index (κ2) is 18.5. The summed E-state index contributed by atoms with van der Waals surface area (Å²) >= 11 is 0. The fourth-order valence-electron chi connectivity index (χ4n) is 11.7. The summed E-state index contributed by atoms with van der Waals surface area (Å²) in [5.41, 5.74) is 6.68. The summed E-state index contributed by atoms with van der Waals surface area (Å²) < 4.78 is 58.8. The van der Waals surface area contributed by atoms with E-state index in [0.717, 1.165) is 36.8 Å². The Balaban J connectivity index is 1.03. The van der Waals surface area contributed by atoms with Crippen LogP contribution in [0, 0.1) is 17.8 Å². The minimum absolute atomic E-state index is 0.0255. The van der Waals surface area contributed by atoms with Crippen molar-refractivity contribution >= 4 is 11.9 Å². The molecule has 8 saturated heterocycles. The van der Waals surface area contributed by atoms with Gasteiger partial charge in [0.1, 0.15) is 23.6 Å². The topological polar surface area (TPSA) is 182 Å². The largest absolute Gasteiger partial charge is 0.443 e. The third kappa shape index (κ3) is 10.1. The van der Waals surface area contributed by atoms with Gasteiger partial charge in [-0.15, -0.1) is 0 Å². The zero-order valence-electron chi connectivity index (χ0n) is 37.1. The van der Waals surface area contributed by atoms with Crippen molar-refractivity contribution in [3.8, 4) is 0 Å². The van der Waals surface area contributed by atoms with Gasteiger partial charge in [0.25, 0.3) is 0 Å². The number of amides is 1. The van der Waals surface area contributed by atoms with Crippen molar-refractivity contribution in [3.05, 3.63) is 24.3 Å². The maximum atomic E-state index is 14.5. The zero-order valence-corrected chi connectivity index (χ0v) is 37.1. The van der Waals surface area contributed by atoms with E-state index in [-0.39, 0.29) is 91.9 Å². The molecule has 1 amide bonds. The van der Waals surface area contributed by atoms with Gasteiger partial charge in [0.05, 0.1) is 79.4 Å². The van der Waals surface area contributed by atoms with Gasteiger partial charge in [-0.1, -0.05) is 27.0 Å². The van der Waals surface area contributed by atoms with Gasteiger partial charge in [-0.3, -0.25) is 10.2 Å². The molecule has 19 atom stereocenters. The van der Waals surface area contributed by atoms with Crippen LogP contribution in [0.15, 0.2) is 24.3 Å². The molecule has 0 aromatic carbocycles. The normalized spacial score (nSPS) is 46.0. The monoisotopic (exact) mass is 861 g/mol. The molecule has 61 heavy (non-hydrogen) atoms. The number of Topliss-reactive ketones (excluding diaryl/α,β-unsaturated/α-hetero) is 1. The van der Waals surface area contributed by atoms with E-state index in [4.69, 9.17) is 42.6 Å². The van der Waals surface area contributed by atoms with E-state index in [1.165, 1.54) is 0 Å². The molecule has 15 nitrogen and oxygen atoms in total. The standard InChI is InChI=1S/C46H72N2O13/c1-23-15-28-9-11-33-24(2)16-30(54-33)13-14-46-21-32(51)41(60-46)38-20-39(59-46)42-34(57-38)12-10-29(56-42)18-31(50)26(4)40-36(19-35(55-28)25(23)3)58-37(43(40)53-8)17-27(49)22-47-48-44(52)61-45(5,6)7/h23,26-30,32-43,47,49,51H,2-3,9-22H2,1,4-8H3,(H,48,52)/t23-,26?,27+,28+,29-,30+,32-,33+,34+,35?,36+,37-,38-,39-,40+,41+,42+,43+,46-/m1/s1. The first kappa shape index (κ1) is 45.5. The molecule has 0 aromatic rings. The van der Waals surface area contributed by atoms with Crippen molar-refractivity contribution in [2.75, 3.05) is 13.7 Å². The Morgan fingerprint density at radius 3 is 2.39 bits per heavy atom. The fourth-order valence-corrected chi connectivity index (χ4v) is 11.7. The Kier molecular flexibility index (Phi) is 13.8.